The van der Waals surface area contributed by atoms with E-state index >= 15 is 0 Å². The predicted octanol–water partition coefficient (Wildman–Crippen LogP) is 3.66. The van der Waals surface area contributed by atoms with Gasteiger partial charge >= 0.3 is 0 Å². The van der Waals surface area contributed by atoms with Gasteiger partial charge in [-0.2, -0.15) is 11.8 Å². The molecule has 0 radical (unpaired) electrons. The van der Waals surface area contributed by atoms with Crippen molar-refractivity contribution in [1.29, 1.82) is 0 Å². The Morgan fingerprint density at radius 1 is 1.40 bits per heavy atom. The van der Waals surface area contributed by atoms with Crippen LogP contribution in [0.4, 0.5) is 10.1 Å². The molecule has 1 heterocycles. The summed E-state index contributed by atoms with van der Waals surface area (Å²) in [7, 11) is 0. The number of benzene rings is 1. The predicted molar refractivity (Wildman–Crippen MR) is 87.1 cm³/mol. The maximum Gasteiger partial charge on any atom is 0.146 e. The van der Waals surface area contributed by atoms with E-state index in [2.05, 4.69) is 24.1 Å². The van der Waals surface area contributed by atoms with Gasteiger partial charge in [-0.1, -0.05) is 19.9 Å². The molecule has 1 aliphatic heterocycles. The maximum atomic E-state index is 14.3. The van der Waals surface area contributed by atoms with Crippen molar-refractivity contribution in [2.75, 3.05) is 30.3 Å². The van der Waals surface area contributed by atoms with Gasteiger partial charge < -0.3 is 10.2 Å². The standard InChI is InChI=1S/C16H25FN2S/c1-3-7-18-11-13-5-6-16(15(17)10-13)19-8-9-20-14(4-2)12-19/h5-6,10,14,18H,3-4,7-9,11-12H2,1-2H3. The molecular weight excluding hydrogens is 271 g/mol. The molecular formula is C16H25FN2S. The summed E-state index contributed by atoms with van der Waals surface area (Å²) in [5.74, 6) is 1.01. The van der Waals surface area contributed by atoms with Crippen LogP contribution in [0.2, 0.25) is 0 Å². The number of hydrogen-bond acceptors (Lipinski definition) is 3. The molecule has 1 fully saturated rings. The molecule has 1 aliphatic rings. The number of nitrogens with zero attached hydrogens (tertiary/aromatic N) is 1. The van der Waals surface area contributed by atoms with Gasteiger partial charge in [0.15, 0.2) is 0 Å². The average molecular weight is 296 g/mol. The highest BCUT2D eigenvalue weighted by atomic mass is 32.2. The largest absolute Gasteiger partial charge is 0.367 e. The Kier molecular flexibility index (Phi) is 6.17. The number of rotatable bonds is 6. The lowest BCUT2D eigenvalue weighted by atomic mass is 10.1. The molecule has 0 saturated carbocycles. The number of nitrogens with one attached hydrogen (secondary N) is 1. The fourth-order valence-electron chi connectivity index (χ4n) is 2.51. The highest BCUT2D eigenvalue weighted by molar-refractivity contribution is 8.00. The monoisotopic (exact) mass is 296 g/mol. The van der Waals surface area contributed by atoms with Crippen molar-refractivity contribution in [2.45, 2.75) is 38.5 Å². The normalized spacial score (nSPS) is 19.4. The van der Waals surface area contributed by atoms with E-state index in [9.17, 15) is 4.39 Å². The first-order chi connectivity index (χ1) is 9.74. The fraction of sp³-hybridized carbons (Fsp3) is 0.625. The van der Waals surface area contributed by atoms with Gasteiger partial charge in [-0.25, -0.2) is 4.39 Å². The Morgan fingerprint density at radius 2 is 2.25 bits per heavy atom. The van der Waals surface area contributed by atoms with E-state index in [1.165, 1.54) is 0 Å². The number of anilines is 1. The molecule has 4 heteroatoms. The topological polar surface area (TPSA) is 15.3 Å². The van der Waals surface area contributed by atoms with E-state index in [4.69, 9.17) is 0 Å². The van der Waals surface area contributed by atoms with Crippen molar-refractivity contribution >= 4 is 17.4 Å². The zero-order valence-corrected chi connectivity index (χ0v) is 13.3. The van der Waals surface area contributed by atoms with E-state index in [0.29, 0.717) is 5.25 Å². The Bertz CT molecular complexity index is 425. The number of thioether (sulfide) groups is 1. The maximum absolute atomic E-state index is 14.3. The second-order valence-electron chi connectivity index (χ2n) is 5.31. The third-order valence-corrected chi connectivity index (χ3v) is 5.07. The van der Waals surface area contributed by atoms with Gasteiger partial charge in [-0.3, -0.25) is 0 Å². The van der Waals surface area contributed by atoms with Gasteiger partial charge in [0.2, 0.25) is 0 Å². The van der Waals surface area contributed by atoms with Crippen LogP contribution in [0.3, 0.4) is 0 Å². The number of halogens is 1. The molecule has 0 aliphatic carbocycles. The molecule has 112 valence electrons. The molecule has 2 nitrogen and oxygen atoms in total. The van der Waals surface area contributed by atoms with Crippen molar-refractivity contribution < 1.29 is 4.39 Å². The van der Waals surface area contributed by atoms with Crippen LogP contribution in [0.15, 0.2) is 18.2 Å². The van der Waals surface area contributed by atoms with Crippen LogP contribution < -0.4 is 10.2 Å². The summed E-state index contributed by atoms with van der Waals surface area (Å²) in [6.07, 6.45) is 2.26. The second-order valence-corrected chi connectivity index (χ2v) is 6.72. The van der Waals surface area contributed by atoms with Crippen molar-refractivity contribution in [3.8, 4) is 0 Å². The van der Waals surface area contributed by atoms with Gasteiger partial charge in [-0.15, -0.1) is 0 Å². The number of hydrogen-bond donors (Lipinski definition) is 1. The van der Waals surface area contributed by atoms with E-state index < -0.39 is 0 Å². The van der Waals surface area contributed by atoms with Crippen LogP contribution in [0.25, 0.3) is 0 Å². The van der Waals surface area contributed by atoms with Gasteiger partial charge in [-0.05, 0) is 37.1 Å². The molecule has 0 spiro atoms. The average Bonchev–Trinajstić information content (AvgIpc) is 2.48. The van der Waals surface area contributed by atoms with Gasteiger partial charge in [0.05, 0.1) is 5.69 Å². The van der Waals surface area contributed by atoms with Gasteiger partial charge in [0.1, 0.15) is 5.82 Å². The Labute approximate surface area is 126 Å². The Balaban J connectivity index is 2.01. The first-order valence-electron chi connectivity index (χ1n) is 7.60. The lowest BCUT2D eigenvalue weighted by Gasteiger charge is -2.34. The zero-order chi connectivity index (χ0) is 14.4. The van der Waals surface area contributed by atoms with Crippen LogP contribution in [0, 0.1) is 5.82 Å². The summed E-state index contributed by atoms with van der Waals surface area (Å²) in [6.45, 7) is 7.98. The first kappa shape index (κ1) is 15.6. The van der Waals surface area contributed by atoms with Crippen molar-refractivity contribution in [3.05, 3.63) is 29.6 Å². The molecule has 0 aromatic heterocycles. The summed E-state index contributed by atoms with van der Waals surface area (Å²) in [6, 6.07) is 5.67. The lowest BCUT2D eigenvalue weighted by Crippen LogP contribution is -2.38. The molecule has 1 atom stereocenters. The highest BCUT2D eigenvalue weighted by Gasteiger charge is 2.21. The van der Waals surface area contributed by atoms with E-state index in [0.717, 1.165) is 56.0 Å². The van der Waals surface area contributed by atoms with E-state index in [-0.39, 0.29) is 5.82 Å². The lowest BCUT2D eigenvalue weighted by molar-refractivity contribution is 0.606. The minimum absolute atomic E-state index is 0.0810. The SMILES string of the molecule is CCCNCc1ccc(N2CCSC(CC)C2)c(F)c1. The van der Waals surface area contributed by atoms with Crippen molar-refractivity contribution in [3.63, 3.8) is 0 Å². The molecule has 20 heavy (non-hydrogen) atoms. The van der Waals surface area contributed by atoms with E-state index in [1.807, 2.05) is 23.9 Å². The third-order valence-electron chi connectivity index (χ3n) is 3.70. The molecule has 1 unspecified atom stereocenters. The molecule has 1 saturated heterocycles. The van der Waals surface area contributed by atoms with Crippen molar-refractivity contribution in [2.24, 2.45) is 0 Å². The van der Waals surface area contributed by atoms with Crippen LogP contribution in [-0.2, 0) is 6.54 Å². The summed E-state index contributed by atoms with van der Waals surface area (Å²) in [4.78, 5) is 2.20. The minimum Gasteiger partial charge on any atom is -0.367 e. The van der Waals surface area contributed by atoms with Crippen LogP contribution >= 0.6 is 11.8 Å². The van der Waals surface area contributed by atoms with Crippen molar-refractivity contribution in [1.82, 2.24) is 5.32 Å². The zero-order valence-electron chi connectivity index (χ0n) is 12.5. The van der Waals surface area contributed by atoms with Crippen LogP contribution in [0.5, 0.6) is 0 Å². The van der Waals surface area contributed by atoms with E-state index in [1.54, 1.807) is 6.07 Å². The molecule has 1 N–H and O–H groups in total. The Morgan fingerprint density at radius 3 is 2.95 bits per heavy atom. The molecule has 1 aromatic rings. The second kappa shape index (κ2) is 7.89. The fourth-order valence-corrected chi connectivity index (χ4v) is 3.69. The first-order valence-corrected chi connectivity index (χ1v) is 8.65. The minimum atomic E-state index is -0.0810. The quantitative estimate of drug-likeness (QED) is 0.807. The molecule has 0 amide bonds. The molecule has 2 rings (SSSR count). The summed E-state index contributed by atoms with van der Waals surface area (Å²) < 4.78 is 14.3. The summed E-state index contributed by atoms with van der Waals surface area (Å²) in [5.41, 5.74) is 1.79. The van der Waals surface area contributed by atoms with Crippen LogP contribution in [0.1, 0.15) is 32.3 Å². The van der Waals surface area contributed by atoms with Crippen LogP contribution in [-0.4, -0.2) is 30.6 Å². The smallest absolute Gasteiger partial charge is 0.146 e. The van der Waals surface area contributed by atoms with Gasteiger partial charge in [0, 0.05) is 30.6 Å². The third kappa shape index (κ3) is 4.13. The summed E-state index contributed by atoms with van der Waals surface area (Å²) in [5, 5.41) is 3.94. The summed E-state index contributed by atoms with van der Waals surface area (Å²) >= 11 is 2.01. The van der Waals surface area contributed by atoms with Gasteiger partial charge in [0.25, 0.3) is 0 Å². The Hall–Kier alpha value is -0.740. The molecule has 1 aromatic carbocycles. The molecule has 0 bridgehead atoms. The highest BCUT2D eigenvalue weighted by Crippen LogP contribution is 2.28.